The number of hydrogen-bond donors (Lipinski definition) is 1. The van der Waals surface area contributed by atoms with Gasteiger partial charge < -0.3 is 9.67 Å². The molecule has 0 aliphatic carbocycles. The topological polar surface area (TPSA) is 63.8 Å². The highest BCUT2D eigenvalue weighted by atomic mass is 16.3. The smallest absolute Gasteiger partial charge is 0.178 e. The fraction of sp³-hybridized carbons (Fsp3) is 0.364. The third-order valence-electron chi connectivity index (χ3n) is 2.51. The summed E-state index contributed by atoms with van der Waals surface area (Å²) in [5.41, 5.74) is 2.41. The van der Waals surface area contributed by atoms with Crippen LogP contribution >= 0.6 is 0 Å². The molecule has 0 aromatic carbocycles. The van der Waals surface area contributed by atoms with E-state index in [-0.39, 0.29) is 0 Å². The zero-order valence-electron chi connectivity index (χ0n) is 9.55. The average molecular weight is 218 g/mol. The molecule has 2 aromatic heterocycles. The van der Waals surface area contributed by atoms with Gasteiger partial charge in [-0.15, -0.1) is 0 Å². The van der Waals surface area contributed by atoms with Crippen LogP contribution in [0.1, 0.15) is 24.3 Å². The third kappa shape index (κ3) is 1.81. The van der Waals surface area contributed by atoms with Gasteiger partial charge in [-0.1, -0.05) is 0 Å². The lowest BCUT2D eigenvalue weighted by Crippen LogP contribution is -2.02. The Hall–Kier alpha value is -1.75. The zero-order chi connectivity index (χ0) is 11.7. The van der Waals surface area contributed by atoms with Crippen molar-refractivity contribution in [1.82, 2.24) is 19.5 Å². The molecule has 16 heavy (non-hydrogen) atoms. The van der Waals surface area contributed by atoms with Crippen molar-refractivity contribution >= 4 is 0 Å². The van der Waals surface area contributed by atoms with E-state index in [1.54, 1.807) is 25.6 Å². The molecule has 2 heterocycles. The number of aromatic nitrogens is 4. The second kappa shape index (κ2) is 4.02. The van der Waals surface area contributed by atoms with Crippen LogP contribution in [0.2, 0.25) is 0 Å². The number of hydrogen-bond acceptors (Lipinski definition) is 4. The molecular weight excluding hydrogens is 204 g/mol. The van der Waals surface area contributed by atoms with Gasteiger partial charge in [0.25, 0.3) is 0 Å². The lowest BCUT2D eigenvalue weighted by Gasteiger charge is -2.08. The Balaban J connectivity index is 2.46. The zero-order valence-corrected chi connectivity index (χ0v) is 9.55. The van der Waals surface area contributed by atoms with Crippen LogP contribution in [0.25, 0.3) is 11.5 Å². The Morgan fingerprint density at radius 2 is 2.12 bits per heavy atom. The minimum Gasteiger partial charge on any atom is -0.389 e. The number of aliphatic hydroxyl groups is 1. The molecule has 5 heteroatoms. The van der Waals surface area contributed by atoms with Gasteiger partial charge in [-0.2, -0.15) is 0 Å². The molecule has 2 rings (SSSR count). The minimum atomic E-state index is -0.541. The van der Waals surface area contributed by atoms with Gasteiger partial charge in [-0.05, 0) is 13.8 Å². The highest BCUT2D eigenvalue weighted by Crippen LogP contribution is 2.18. The first-order chi connectivity index (χ1) is 7.59. The van der Waals surface area contributed by atoms with Crippen molar-refractivity contribution in [3.8, 4) is 11.5 Å². The summed E-state index contributed by atoms with van der Waals surface area (Å²) < 4.78 is 1.86. The van der Waals surface area contributed by atoms with Gasteiger partial charge in [0.1, 0.15) is 5.69 Å². The predicted octanol–water partition coefficient (Wildman–Crippen LogP) is 1.24. The maximum absolute atomic E-state index is 9.48. The van der Waals surface area contributed by atoms with Gasteiger partial charge in [-0.25, -0.2) is 15.0 Å². The third-order valence-corrected chi connectivity index (χ3v) is 2.51. The molecule has 84 valence electrons. The number of rotatable bonds is 2. The molecule has 0 saturated heterocycles. The van der Waals surface area contributed by atoms with Crippen LogP contribution in [0.5, 0.6) is 0 Å². The Bertz CT molecular complexity index is 504. The molecule has 0 spiro atoms. The van der Waals surface area contributed by atoms with Gasteiger partial charge in [0.2, 0.25) is 0 Å². The van der Waals surface area contributed by atoms with Crippen LogP contribution in [0.15, 0.2) is 18.7 Å². The lowest BCUT2D eigenvalue weighted by molar-refractivity contribution is 0.197. The standard InChI is InChI=1S/C11H14N4O/c1-7-9(8(2)16)4-13-11(14-7)10-5-12-6-15(10)3/h4-6,8,16H,1-3H3/t8-/m0/s1. The van der Waals surface area contributed by atoms with Gasteiger partial charge in [0, 0.05) is 24.5 Å². The molecule has 0 aliphatic heterocycles. The highest BCUT2D eigenvalue weighted by molar-refractivity contribution is 5.48. The van der Waals surface area contributed by atoms with Gasteiger partial charge in [0.15, 0.2) is 5.82 Å². The van der Waals surface area contributed by atoms with Crippen LogP contribution in [0.4, 0.5) is 0 Å². The van der Waals surface area contributed by atoms with E-state index >= 15 is 0 Å². The van der Waals surface area contributed by atoms with E-state index in [0.717, 1.165) is 17.0 Å². The number of aliphatic hydroxyl groups excluding tert-OH is 1. The van der Waals surface area contributed by atoms with Crippen LogP contribution in [0.3, 0.4) is 0 Å². The first-order valence-electron chi connectivity index (χ1n) is 5.08. The molecule has 1 atom stereocenters. The summed E-state index contributed by atoms with van der Waals surface area (Å²) in [6.45, 7) is 3.57. The van der Waals surface area contributed by atoms with Crippen molar-refractivity contribution in [2.24, 2.45) is 7.05 Å². The molecule has 0 saturated carbocycles. The summed E-state index contributed by atoms with van der Waals surface area (Å²) in [4.78, 5) is 12.6. The second-order valence-corrected chi connectivity index (χ2v) is 3.80. The van der Waals surface area contributed by atoms with Crippen molar-refractivity contribution in [3.05, 3.63) is 30.0 Å². The largest absolute Gasteiger partial charge is 0.389 e. The summed E-state index contributed by atoms with van der Waals surface area (Å²) in [6, 6.07) is 0. The van der Waals surface area contributed by atoms with Crippen LogP contribution in [0, 0.1) is 6.92 Å². The van der Waals surface area contributed by atoms with Crippen molar-refractivity contribution in [2.75, 3.05) is 0 Å². The van der Waals surface area contributed by atoms with Crippen LogP contribution in [-0.4, -0.2) is 24.6 Å². The first kappa shape index (κ1) is 10.8. The average Bonchev–Trinajstić information content (AvgIpc) is 2.63. The molecule has 0 bridgehead atoms. The fourth-order valence-corrected chi connectivity index (χ4v) is 1.58. The van der Waals surface area contributed by atoms with E-state index in [2.05, 4.69) is 15.0 Å². The number of imidazole rings is 1. The van der Waals surface area contributed by atoms with Gasteiger partial charge in [-0.3, -0.25) is 0 Å². The Kier molecular flexibility index (Phi) is 2.70. The molecule has 2 aromatic rings. The summed E-state index contributed by atoms with van der Waals surface area (Å²) in [7, 11) is 1.89. The van der Waals surface area contributed by atoms with E-state index in [0.29, 0.717) is 5.82 Å². The molecule has 0 amide bonds. The van der Waals surface area contributed by atoms with E-state index in [1.165, 1.54) is 0 Å². The molecular formula is C11H14N4O. The van der Waals surface area contributed by atoms with Crippen molar-refractivity contribution in [3.63, 3.8) is 0 Å². The van der Waals surface area contributed by atoms with Gasteiger partial charge in [0.05, 0.1) is 18.6 Å². The quantitative estimate of drug-likeness (QED) is 0.823. The number of nitrogens with zero attached hydrogens (tertiary/aromatic N) is 4. The van der Waals surface area contributed by atoms with E-state index in [4.69, 9.17) is 0 Å². The van der Waals surface area contributed by atoms with E-state index in [9.17, 15) is 5.11 Å². The second-order valence-electron chi connectivity index (χ2n) is 3.80. The maximum Gasteiger partial charge on any atom is 0.178 e. The molecule has 0 radical (unpaired) electrons. The van der Waals surface area contributed by atoms with Gasteiger partial charge >= 0.3 is 0 Å². The SMILES string of the molecule is Cc1nc(-c2cncn2C)ncc1[C@H](C)O. The molecule has 1 N–H and O–H groups in total. The van der Waals surface area contributed by atoms with E-state index in [1.807, 2.05) is 18.5 Å². The molecule has 5 nitrogen and oxygen atoms in total. The minimum absolute atomic E-state index is 0.541. The van der Waals surface area contributed by atoms with Crippen molar-refractivity contribution in [1.29, 1.82) is 0 Å². The Morgan fingerprint density at radius 3 is 2.62 bits per heavy atom. The van der Waals surface area contributed by atoms with Crippen LogP contribution in [-0.2, 0) is 7.05 Å². The highest BCUT2D eigenvalue weighted by Gasteiger charge is 2.10. The summed E-state index contributed by atoms with van der Waals surface area (Å²) in [6.07, 6.45) is 4.54. The summed E-state index contributed by atoms with van der Waals surface area (Å²) in [5, 5.41) is 9.48. The number of aryl methyl sites for hydroxylation is 2. The summed E-state index contributed by atoms with van der Waals surface area (Å²) in [5.74, 6) is 0.627. The Morgan fingerprint density at radius 1 is 1.38 bits per heavy atom. The summed E-state index contributed by atoms with van der Waals surface area (Å²) >= 11 is 0. The monoisotopic (exact) mass is 218 g/mol. The van der Waals surface area contributed by atoms with Crippen molar-refractivity contribution < 1.29 is 5.11 Å². The predicted molar refractivity (Wildman–Crippen MR) is 59.6 cm³/mol. The molecule has 0 fully saturated rings. The van der Waals surface area contributed by atoms with E-state index < -0.39 is 6.10 Å². The first-order valence-corrected chi connectivity index (χ1v) is 5.08. The molecule has 0 aliphatic rings. The maximum atomic E-state index is 9.48. The Labute approximate surface area is 93.8 Å². The normalized spacial score (nSPS) is 12.8. The molecule has 0 unspecified atom stereocenters. The van der Waals surface area contributed by atoms with Crippen molar-refractivity contribution in [2.45, 2.75) is 20.0 Å². The lowest BCUT2D eigenvalue weighted by atomic mass is 10.1. The fourth-order valence-electron chi connectivity index (χ4n) is 1.58. The van der Waals surface area contributed by atoms with Crippen LogP contribution < -0.4 is 0 Å².